The third-order valence-electron chi connectivity index (χ3n) is 4.47. The molecule has 1 saturated heterocycles. The van der Waals surface area contributed by atoms with Crippen LogP contribution in [0.5, 0.6) is 0 Å². The van der Waals surface area contributed by atoms with E-state index in [1.165, 1.54) is 44.5 Å². The zero-order valence-corrected chi connectivity index (χ0v) is 14.3. The number of piperidine rings is 1. The molecule has 2 unspecified atom stereocenters. The first kappa shape index (κ1) is 16.0. The Morgan fingerprint density at radius 1 is 1.35 bits per heavy atom. The van der Waals surface area contributed by atoms with Crippen molar-refractivity contribution in [1.82, 2.24) is 10.2 Å². The van der Waals surface area contributed by atoms with Gasteiger partial charge >= 0.3 is 0 Å². The first-order valence-corrected chi connectivity index (χ1v) is 8.58. The van der Waals surface area contributed by atoms with Crippen molar-refractivity contribution in [2.75, 3.05) is 26.7 Å². The Hall–Kier alpha value is -0.380. The molecule has 1 heterocycles. The third kappa shape index (κ3) is 5.19. The molecule has 0 aliphatic carbocycles. The number of nitrogens with one attached hydrogen (secondary N) is 1. The van der Waals surface area contributed by atoms with Gasteiger partial charge in [-0.1, -0.05) is 35.0 Å². The fraction of sp³-hybridized carbons (Fsp3) is 0.647. The Balaban J connectivity index is 1.71. The summed E-state index contributed by atoms with van der Waals surface area (Å²) in [7, 11) is 2.23. The number of benzene rings is 1. The van der Waals surface area contributed by atoms with Crippen LogP contribution >= 0.6 is 15.9 Å². The van der Waals surface area contributed by atoms with E-state index in [9.17, 15) is 0 Å². The lowest BCUT2D eigenvalue weighted by Gasteiger charge is -2.29. The molecule has 2 rings (SSSR count). The second-order valence-corrected chi connectivity index (χ2v) is 7.15. The number of hydrogen-bond acceptors (Lipinski definition) is 2. The third-order valence-corrected chi connectivity index (χ3v) is 5.00. The molecule has 1 aromatic carbocycles. The van der Waals surface area contributed by atoms with Crippen molar-refractivity contribution in [3.63, 3.8) is 0 Å². The molecule has 2 atom stereocenters. The maximum Gasteiger partial charge on any atom is 0.0230 e. The lowest BCUT2D eigenvalue weighted by Crippen LogP contribution is -2.34. The van der Waals surface area contributed by atoms with Crippen LogP contribution in [0.25, 0.3) is 0 Å². The monoisotopic (exact) mass is 338 g/mol. The van der Waals surface area contributed by atoms with Crippen LogP contribution in [0.4, 0.5) is 0 Å². The summed E-state index contributed by atoms with van der Waals surface area (Å²) < 4.78 is 1.15. The van der Waals surface area contributed by atoms with Crippen molar-refractivity contribution in [2.45, 2.75) is 32.7 Å². The van der Waals surface area contributed by atoms with E-state index in [4.69, 9.17) is 0 Å². The van der Waals surface area contributed by atoms with E-state index in [2.05, 4.69) is 64.4 Å². The Labute approximate surface area is 132 Å². The van der Waals surface area contributed by atoms with Gasteiger partial charge in [0.1, 0.15) is 0 Å². The highest BCUT2D eigenvalue weighted by molar-refractivity contribution is 9.10. The average molecular weight is 339 g/mol. The molecule has 0 aromatic heterocycles. The van der Waals surface area contributed by atoms with Gasteiger partial charge < -0.3 is 10.2 Å². The molecule has 1 aliphatic heterocycles. The van der Waals surface area contributed by atoms with Crippen LogP contribution in [0, 0.1) is 11.8 Å². The van der Waals surface area contributed by atoms with Crippen molar-refractivity contribution in [3.05, 3.63) is 34.3 Å². The lowest BCUT2D eigenvalue weighted by atomic mass is 9.85. The largest absolute Gasteiger partial charge is 0.316 e. The molecule has 20 heavy (non-hydrogen) atoms. The van der Waals surface area contributed by atoms with E-state index in [1.807, 2.05) is 0 Å². The number of hydrogen-bond donors (Lipinski definition) is 1. The fourth-order valence-corrected chi connectivity index (χ4v) is 3.27. The Bertz CT molecular complexity index is 384. The average Bonchev–Trinajstić information content (AvgIpc) is 2.48. The molecule has 0 saturated carbocycles. The van der Waals surface area contributed by atoms with Gasteiger partial charge in [0.05, 0.1) is 0 Å². The summed E-state index contributed by atoms with van der Waals surface area (Å²) in [5.74, 6) is 1.71. The Kier molecular flexibility index (Phi) is 6.53. The van der Waals surface area contributed by atoms with E-state index >= 15 is 0 Å². The predicted molar refractivity (Wildman–Crippen MR) is 89.9 cm³/mol. The number of rotatable bonds is 6. The molecule has 3 heteroatoms. The minimum absolute atomic E-state index is 0.829. The van der Waals surface area contributed by atoms with Gasteiger partial charge in [0.2, 0.25) is 0 Å². The van der Waals surface area contributed by atoms with E-state index in [1.54, 1.807) is 0 Å². The van der Waals surface area contributed by atoms with Crippen molar-refractivity contribution >= 4 is 15.9 Å². The SMILES string of the molecule is CC(CCN(C)Cc1ccc(Br)cc1)C1CCCNC1. The molecule has 112 valence electrons. The number of halogens is 1. The van der Waals surface area contributed by atoms with Gasteiger partial charge in [0.25, 0.3) is 0 Å². The van der Waals surface area contributed by atoms with E-state index in [0.717, 1.165) is 22.9 Å². The molecular weight excluding hydrogens is 312 g/mol. The van der Waals surface area contributed by atoms with Crippen LogP contribution in [-0.4, -0.2) is 31.6 Å². The molecule has 1 aliphatic rings. The maximum absolute atomic E-state index is 3.53. The first-order valence-electron chi connectivity index (χ1n) is 7.79. The summed E-state index contributed by atoms with van der Waals surface area (Å²) in [5.41, 5.74) is 1.39. The molecule has 2 nitrogen and oxygen atoms in total. The minimum atomic E-state index is 0.829. The second-order valence-electron chi connectivity index (χ2n) is 6.24. The molecule has 0 radical (unpaired) electrons. The quantitative estimate of drug-likeness (QED) is 0.845. The summed E-state index contributed by atoms with van der Waals surface area (Å²) >= 11 is 3.49. The van der Waals surface area contributed by atoms with E-state index < -0.39 is 0 Å². The molecule has 1 aromatic rings. The smallest absolute Gasteiger partial charge is 0.0230 e. The molecule has 1 N–H and O–H groups in total. The van der Waals surface area contributed by atoms with Gasteiger partial charge in [0, 0.05) is 11.0 Å². The maximum atomic E-state index is 3.53. The van der Waals surface area contributed by atoms with E-state index in [-0.39, 0.29) is 0 Å². The van der Waals surface area contributed by atoms with Crippen LogP contribution in [0.2, 0.25) is 0 Å². The van der Waals surface area contributed by atoms with Crippen LogP contribution < -0.4 is 5.32 Å². The van der Waals surface area contributed by atoms with E-state index in [0.29, 0.717) is 0 Å². The fourth-order valence-electron chi connectivity index (χ4n) is 3.00. The highest BCUT2D eigenvalue weighted by atomic mass is 79.9. The highest BCUT2D eigenvalue weighted by Gasteiger charge is 2.19. The van der Waals surface area contributed by atoms with Gasteiger partial charge in [-0.3, -0.25) is 0 Å². The van der Waals surface area contributed by atoms with Gasteiger partial charge in [-0.05, 0) is 75.5 Å². The van der Waals surface area contributed by atoms with Crippen LogP contribution in [0.3, 0.4) is 0 Å². The molecule has 0 amide bonds. The van der Waals surface area contributed by atoms with Crippen LogP contribution in [0.15, 0.2) is 28.7 Å². The van der Waals surface area contributed by atoms with Crippen LogP contribution in [0.1, 0.15) is 31.7 Å². The summed E-state index contributed by atoms with van der Waals surface area (Å²) in [6.45, 7) is 7.09. The molecule has 0 spiro atoms. The van der Waals surface area contributed by atoms with Crippen molar-refractivity contribution in [2.24, 2.45) is 11.8 Å². The summed E-state index contributed by atoms with van der Waals surface area (Å²) in [6, 6.07) is 8.66. The zero-order valence-electron chi connectivity index (χ0n) is 12.7. The summed E-state index contributed by atoms with van der Waals surface area (Å²) in [5, 5.41) is 3.53. The number of nitrogens with zero attached hydrogens (tertiary/aromatic N) is 1. The van der Waals surface area contributed by atoms with Gasteiger partial charge in [-0.25, -0.2) is 0 Å². The lowest BCUT2D eigenvalue weighted by molar-refractivity contribution is 0.229. The topological polar surface area (TPSA) is 15.3 Å². The standard InChI is InChI=1S/C17H27BrN2/c1-14(16-4-3-10-19-12-16)9-11-20(2)13-15-5-7-17(18)8-6-15/h5-8,14,16,19H,3-4,9-13H2,1-2H3. The second kappa shape index (κ2) is 8.16. The first-order chi connectivity index (χ1) is 9.65. The van der Waals surface area contributed by atoms with Crippen molar-refractivity contribution < 1.29 is 0 Å². The Morgan fingerprint density at radius 2 is 2.10 bits per heavy atom. The van der Waals surface area contributed by atoms with Crippen LogP contribution in [-0.2, 0) is 6.54 Å². The normalized spacial score (nSPS) is 21.1. The molecular formula is C17H27BrN2. The summed E-state index contributed by atoms with van der Waals surface area (Å²) in [4.78, 5) is 2.44. The zero-order chi connectivity index (χ0) is 14.4. The summed E-state index contributed by atoms with van der Waals surface area (Å²) in [6.07, 6.45) is 4.06. The van der Waals surface area contributed by atoms with Gasteiger partial charge in [-0.2, -0.15) is 0 Å². The predicted octanol–water partition coefficient (Wildman–Crippen LogP) is 3.91. The Morgan fingerprint density at radius 3 is 2.75 bits per heavy atom. The molecule has 1 fully saturated rings. The van der Waals surface area contributed by atoms with Crippen molar-refractivity contribution in [3.8, 4) is 0 Å². The van der Waals surface area contributed by atoms with Gasteiger partial charge in [0.15, 0.2) is 0 Å². The van der Waals surface area contributed by atoms with Crippen molar-refractivity contribution in [1.29, 1.82) is 0 Å². The minimum Gasteiger partial charge on any atom is -0.316 e. The van der Waals surface area contributed by atoms with Gasteiger partial charge in [-0.15, -0.1) is 0 Å². The highest BCUT2D eigenvalue weighted by Crippen LogP contribution is 2.22. The molecule has 0 bridgehead atoms.